The highest BCUT2D eigenvalue weighted by atomic mass is 32.2. The summed E-state index contributed by atoms with van der Waals surface area (Å²) >= 11 is 1.37. The molecule has 0 spiro atoms. The Morgan fingerprint density at radius 1 is 1.08 bits per heavy atom. The molecule has 8 heteroatoms. The third-order valence-electron chi connectivity index (χ3n) is 3.44. The van der Waals surface area contributed by atoms with Gasteiger partial charge in [-0.25, -0.2) is 18.5 Å². The number of nitrogens with zero attached hydrogens (tertiary/aromatic N) is 1. The molecule has 1 aromatic heterocycles. The van der Waals surface area contributed by atoms with E-state index >= 15 is 0 Å². The minimum atomic E-state index is -3.69. The summed E-state index contributed by atoms with van der Waals surface area (Å²) in [5.74, 6) is -0.209. The number of nitrogens with two attached hydrogens (primary N) is 1. The zero-order valence-electron chi connectivity index (χ0n) is 13.0. The molecule has 3 N–H and O–H groups in total. The van der Waals surface area contributed by atoms with E-state index in [1.165, 1.54) is 23.5 Å². The highest BCUT2D eigenvalue weighted by Gasteiger charge is 2.10. The Hall–Kier alpha value is -2.55. The van der Waals surface area contributed by atoms with E-state index in [4.69, 9.17) is 5.14 Å². The summed E-state index contributed by atoms with van der Waals surface area (Å²) in [6, 6.07) is 15.3. The lowest BCUT2D eigenvalue weighted by Gasteiger charge is -2.02. The first kappa shape index (κ1) is 17.3. The van der Waals surface area contributed by atoms with Crippen LogP contribution in [0.15, 0.2) is 65.7 Å². The van der Waals surface area contributed by atoms with Gasteiger partial charge in [-0.1, -0.05) is 30.3 Å². The summed E-state index contributed by atoms with van der Waals surface area (Å²) in [6.45, 7) is 0. The maximum absolute atomic E-state index is 12.1. The van der Waals surface area contributed by atoms with E-state index in [1.54, 1.807) is 42.6 Å². The average Bonchev–Trinajstić information content (AvgIpc) is 3.02. The monoisotopic (exact) mass is 373 g/mol. The van der Waals surface area contributed by atoms with Crippen LogP contribution >= 0.6 is 11.3 Å². The Kier molecular flexibility index (Phi) is 4.93. The molecule has 0 aliphatic carbocycles. The van der Waals surface area contributed by atoms with Gasteiger partial charge in [0.15, 0.2) is 5.13 Å². The van der Waals surface area contributed by atoms with Gasteiger partial charge in [-0.2, -0.15) is 0 Å². The minimum Gasteiger partial charge on any atom is -0.298 e. The van der Waals surface area contributed by atoms with Crippen molar-refractivity contribution in [1.82, 2.24) is 4.98 Å². The Labute approximate surface area is 149 Å². The molecule has 3 aromatic rings. The maximum atomic E-state index is 12.1. The molecule has 2 aromatic carbocycles. The molecule has 0 saturated heterocycles. The predicted molar refractivity (Wildman–Crippen MR) is 97.1 cm³/mol. The number of aromatic nitrogens is 1. The lowest BCUT2D eigenvalue weighted by atomic mass is 10.1. The molecule has 0 atom stereocenters. The van der Waals surface area contributed by atoms with Crippen LogP contribution < -0.4 is 10.5 Å². The molecule has 0 radical (unpaired) electrons. The van der Waals surface area contributed by atoms with Gasteiger partial charge in [0.25, 0.3) is 5.91 Å². The van der Waals surface area contributed by atoms with Crippen LogP contribution in [-0.4, -0.2) is 19.3 Å². The Morgan fingerprint density at radius 3 is 2.40 bits per heavy atom. The van der Waals surface area contributed by atoms with Crippen molar-refractivity contribution in [1.29, 1.82) is 0 Å². The molecule has 0 fully saturated rings. The molecule has 0 unspecified atom stereocenters. The fraction of sp³-hybridized carbons (Fsp3) is 0.0588. The summed E-state index contributed by atoms with van der Waals surface area (Å²) in [7, 11) is -3.69. The molecule has 1 amide bonds. The second kappa shape index (κ2) is 7.14. The molecule has 0 bridgehead atoms. The van der Waals surface area contributed by atoms with Crippen LogP contribution in [0, 0.1) is 0 Å². The molecule has 6 nitrogen and oxygen atoms in total. The van der Waals surface area contributed by atoms with Crippen molar-refractivity contribution >= 4 is 32.4 Å². The average molecular weight is 373 g/mol. The number of rotatable bonds is 5. The zero-order valence-corrected chi connectivity index (χ0v) is 14.7. The number of anilines is 1. The Balaban J connectivity index is 1.67. The number of benzene rings is 2. The standard InChI is InChI=1S/C17H15N3O3S2/c18-25(22,23)15-8-6-12(7-9-15)10-14-11-19-17(24-14)20-16(21)13-4-2-1-3-5-13/h1-9,11H,10H2,(H2,18,22,23)(H,19,20,21). The van der Waals surface area contributed by atoms with Gasteiger partial charge in [0.05, 0.1) is 4.90 Å². The van der Waals surface area contributed by atoms with Gasteiger partial charge in [-0.05, 0) is 29.8 Å². The molecule has 3 rings (SSSR count). The summed E-state index contributed by atoms with van der Waals surface area (Å²) in [6.07, 6.45) is 2.28. The van der Waals surface area contributed by atoms with Gasteiger partial charge in [-0.15, -0.1) is 11.3 Å². The van der Waals surface area contributed by atoms with Crippen molar-refractivity contribution in [3.63, 3.8) is 0 Å². The van der Waals surface area contributed by atoms with Crippen LogP contribution in [0.1, 0.15) is 20.8 Å². The van der Waals surface area contributed by atoms with Gasteiger partial charge in [0.1, 0.15) is 0 Å². The predicted octanol–water partition coefficient (Wildman–Crippen LogP) is 2.63. The van der Waals surface area contributed by atoms with E-state index in [-0.39, 0.29) is 10.8 Å². The Morgan fingerprint density at radius 2 is 1.76 bits per heavy atom. The summed E-state index contributed by atoms with van der Waals surface area (Å²) in [4.78, 5) is 17.3. The van der Waals surface area contributed by atoms with Crippen LogP contribution in [0.25, 0.3) is 0 Å². The van der Waals surface area contributed by atoms with E-state index in [2.05, 4.69) is 10.3 Å². The number of thiazole rings is 1. The highest BCUT2D eigenvalue weighted by Crippen LogP contribution is 2.22. The molecule has 1 heterocycles. The van der Waals surface area contributed by atoms with E-state index < -0.39 is 10.0 Å². The molecule has 0 aliphatic rings. The van der Waals surface area contributed by atoms with E-state index in [9.17, 15) is 13.2 Å². The van der Waals surface area contributed by atoms with Crippen LogP contribution in [-0.2, 0) is 16.4 Å². The molecule has 128 valence electrons. The Bertz CT molecular complexity index is 981. The molecule has 25 heavy (non-hydrogen) atoms. The van der Waals surface area contributed by atoms with Gasteiger partial charge in [0.2, 0.25) is 10.0 Å². The van der Waals surface area contributed by atoms with Crippen LogP contribution in [0.4, 0.5) is 5.13 Å². The maximum Gasteiger partial charge on any atom is 0.257 e. The van der Waals surface area contributed by atoms with Crippen molar-refractivity contribution in [2.75, 3.05) is 5.32 Å². The molecular formula is C17H15N3O3S2. The van der Waals surface area contributed by atoms with Crippen molar-refractivity contribution in [3.8, 4) is 0 Å². The van der Waals surface area contributed by atoms with Crippen molar-refractivity contribution in [2.45, 2.75) is 11.3 Å². The second-order valence-electron chi connectivity index (χ2n) is 5.32. The number of primary sulfonamides is 1. The number of hydrogen-bond acceptors (Lipinski definition) is 5. The molecular weight excluding hydrogens is 358 g/mol. The third-order valence-corrected chi connectivity index (χ3v) is 5.28. The lowest BCUT2D eigenvalue weighted by molar-refractivity contribution is 0.102. The van der Waals surface area contributed by atoms with Crippen LogP contribution in [0.5, 0.6) is 0 Å². The number of nitrogens with one attached hydrogen (secondary N) is 1. The second-order valence-corrected chi connectivity index (χ2v) is 7.99. The zero-order chi connectivity index (χ0) is 17.9. The SMILES string of the molecule is NS(=O)(=O)c1ccc(Cc2cnc(NC(=O)c3ccccc3)s2)cc1. The summed E-state index contributed by atoms with van der Waals surface area (Å²) in [5, 5.41) is 8.37. The number of carbonyl (C=O) groups is 1. The van der Waals surface area contributed by atoms with Gasteiger partial charge < -0.3 is 0 Å². The minimum absolute atomic E-state index is 0.0800. The van der Waals surface area contributed by atoms with Crippen molar-refractivity contribution < 1.29 is 13.2 Å². The first-order chi connectivity index (χ1) is 11.9. The van der Waals surface area contributed by atoms with E-state index in [1.807, 2.05) is 6.07 Å². The van der Waals surface area contributed by atoms with E-state index in [0.29, 0.717) is 17.1 Å². The fourth-order valence-corrected chi connectivity index (χ4v) is 3.56. The number of carbonyl (C=O) groups excluding carboxylic acids is 1. The summed E-state index contributed by atoms with van der Waals surface area (Å²) in [5.41, 5.74) is 1.50. The highest BCUT2D eigenvalue weighted by molar-refractivity contribution is 7.89. The van der Waals surface area contributed by atoms with Crippen molar-refractivity contribution in [2.24, 2.45) is 5.14 Å². The first-order valence-electron chi connectivity index (χ1n) is 7.35. The normalized spacial score (nSPS) is 11.2. The number of sulfonamides is 1. The van der Waals surface area contributed by atoms with Gasteiger partial charge >= 0.3 is 0 Å². The van der Waals surface area contributed by atoms with Crippen molar-refractivity contribution in [3.05, 3.63) is 76.8 Å². The number of amides is 1. The largest absolute Gasteiger partial charge is 0.298 e. The van der Waals surface area contributed by atoms with Gasteiger partial charge in [0, 0.05) is 23.1 Å². The van der Waals surface area contributed by atoms with E-state index in [0.717, 1.165) is 10.4 Å². The fourth-order valence-electron chi connectivity index (χ4n) is 2.20. The third kappa shape index (κ3) is 4.50. The van der Waals surface area contributed by atoms with Gasteiger partial charge in [-0.3, -0.25) is 10.1 Å². The summed E-state index contributed by atoms with van der Waals surface area (Å²) < 4.78 is 22.5. The topological polar surface area (TPSA) is 102 Å². The lowest BCUT2D eigenvalue weighted by Crippen LogP contribution is -2.11. The van der Waals surface area contributed by atoms with Crippen LogP contribution in [0.3, 0.4) is 0 Å². The quantitative estimate of drug-likeness (QED) is 0.718. The molecule has 0 saturated carbocycles. The smallest absolute Gasteiger partial charge is 0.257 e. The number of hydrogen-bond donors (Lipinski definition) is 2. The van der Waals surface area contributed by atoms with Crippen LogP contribution in [0.2, 0.25) is 0 Å². The molecule has 0 aliphatic heterocycles. The first-order valence-corrected chi connectivity index (χ1v) is 9.71.